The molecule has 2 N–H and O–H groups in total. The third kappa shape index (κ3) is 2.38. The largest absolute Gasteiger partial charge is 0.398 e. The zero-order valence-electron chi connectivity index (χ0n) is 11.1. The highest BCUT2D eigenvalue weighted by Crippen LogP contribution is 2.38. The van der Waals surface area contributed by atoms with Gasteiger partial charge in [0.05, 0.1) is 0 Å². The standard InChI is InChI=1S/C17H16BrNO/c18-12-8-9-15(16(19)10-12)17(20)14-7-2-1-6-13(14)11-4-3-5-11/h1-2,6-11H,3-5,19H2. The number of hydrogen-bond donors (Lipinski definition) is 1. The normalized spacial score (nSPS) is 14.8. The van der Waals surface area contributed by atoms with Crippen LogP contribution in [0.25, 0.3) is 0 Å². The molecule has 1 aliphatic carbocycles. The molecule has 3 rings (SSSR count). The fourth-order valence-corrected chi connectivity index (χ4v) is 3.04. The van der Waals surface area contributed by atoms with E-state index in [2.05, 4.69) is 22.0 Å². The van der Waals surface area contributed by atoms with E-state index in [9.17, 15) is 4.79 Å². The minimum absolute atomic E-state index is 0.0255. The first-order valence-electron chi connectivity index (χ1n) is 6.85. The lowest BCUT2D eigenvalue weighted by Gasteiger charge is -2.27. The molecular formula is C17H16BrNO. The maximum atomic E-state index is 12.7. The fraction of sp³-hybridized carbons (Fsp3) is 0.235. The Morgan fingerprint density at radius 2 is 1.85 bits per heavy atom. The van der Waals surface area contributed by atoms with Crippen molar-refractivity contribution < 1.29 is 4.79 Å². The van der Waals surface area contributed by atoms with E-state index >= 15 is 0 Å². The molecule has 0 aliphatic heterocycles. The molecule has 2 aromatic rings. The third-order valence-electron chi connectivity index (χ3n) is 4.01. The van der Waals surface area contributed by atoms with Gasteiger partial charge in [0.1, 0.15) is 0 Å². The van der Waals surface area contributed by atoms with E-state index < -0.39 is 0 Å². The number of nitrogen functional groups attached to an aromatic ring is 1. The molecular weight excluding hydrogens is 314 g/mol. The molecule has 20 heavy (non-hydrogen) atoms. The first kappa shape index (κ1) is 13.4. The van der Waals surface area contributed by atoms with Gasteiger partial charge in [-0.1, -0.05) is 46.6 Å². The van der Waals surface area contributed by atoms with Crippen LogP contribution in [0.3, 0.4) is 0 Å². The molecule has 1 saturated carbocycles. The summed E-state index contributed by atoms with van der Waals surface area (Å²) < 4.78 is 0.888. The second-order valence-electron chi connectivity index (χ2n) is 5.28. The van der Waals surface area contributed by atoms with Gasteiger partial charge < -0.3 is 5.73 Å². The van der Waals surface area contributed by atoms with Gasteiger partial charge in [-0.05, 0) is 42.5 Å². The first-order chi connectivity index (χ1) is 9.66. The van der Waals surface area contributed by atoms with E-state index in [0.717, 1.165) is 10.0 Å². The van der Waals surface area contributed by atoms with Crippen LogP contribution in [0.5, 0.6) is 0 Å². The Morgan fingerprint density at radius 3 is 2.50 bits per heavy atom. The Hall–Kier alpha value is -1.61. The predicted molar refractivity (Wildman–Crippen MR) is 85.0 cm³/mol. The molecule has 1 aliphatic rings. The van der Waals surface area contributed by atoms with Gasteiger partial charge in [-0.3, -0.25) is 4.79 Å². The Balaban J connectivity index is 2.02. The Bertz CT molecular complexity index is 662. The fourth-order valence-electron chi connectivity index (χ4n) is 2.66. The van der Waals surface area contributed by atoms with Crippen molar-refractivity contribution in [3.05, 3.63) is 63.6 Å². The van der Waals surface area contributed by atoms with Crippen molar-refractivity contribution in [3.8, 4) is 0 Å². The van der Waals surface area contributed by atoms with Crippen LogP contribution in [0.15, 0.2) is 46.9 Å². The van der Waals surface area contributed by atoms with Gasteiger partial charge in [0.25, 0.3) is 0 Å². The summed E-state index contributed by atoms with van der Waals surface area (Å²) in [6, 6.07) is 13.3. The molecule has 0 unspecified atom stereocenters. The molecule has 0 bridgehead atoms. The number of halogens is 1. The van der Waals surface area contributed by atoms with Crippen LogP contribution in [0.4, 0.5) is 5.69 Å². The van der Waals surface area contributed by atoms with Gasteiger partial charge in [-0.25, -0.2) is 0 Å². The maximum Gasteiger partial charge on any atom is 0.195 e. The number of anilines is 1. The highest BCUT2D eigenvalue weighted by Gasteiger charge is 2.25. The van der Waals surface area contributed by atoms with Crippen molar-refractivity contribution in [1.82, 2.24) is 0 Å². The summed E-state index contributed by atoms with van der Waals surface area (Å²) >= 11 is 3.37. The lowest BCUT2D eigenvalue weighted by molar-refractivity contribution is 0.103. The molecule has 2 aromatic carbocycles. The SMILES string of the molecule is Nc1cc(Br)ccc1C(=O)c1ccccc1C1CCC1. The lowest BCUT2D eigenvalue weighted by Crippen LogP contribution is -2.15. The summed E-state index contributed by atoms with van der Waals surface area (Å²) in [5.74, 6) is 0.560. The molecule has 0 amide bonds. The summed E-state index contributed by atoms with van der Waals surface area (Å²) in [4.78, 5) is 12.7. The molecule has 3 heteroatoms. The number of ketones is 1. The number of carbonyl (C=O) groups is 1. The lowest BCUT2D eigenvalue weighted by atomic mass is 9.77. The maximum absolute atomic E-state index is 12.7. The van der Waals surface area contributed by atoms with Gasteiger partial charge in [-0.15, -0.1) is 0 Å². The topological polar surface area (TPSA) is 43.1 Å². The van der Waals surface area contributed by atoms with Crippen LogP contribution in [0.2, 0.25) is 0 Å². The van der Waals surface area contributed by atoms with Crippen molar-refractivity contribution in [1.29, 1.82) is 0 Å². The van der Waals surface area contributed by atoms with Crippen molar-refractivity contribution >= 4 is 27.4 Å². The first-order valence-corrected chi connectivity index (χ1v) is 7.65. The molecule has 0 spiro atoms. The second-order valence-corrected chi connectivity index (χ2v) is 6.19. The van der Waals surface area contributed by atoms with E-state index in [1.165, 1.54) is 24.8 Å². The van der Waals surface area contributed by atoms with Gasteiger partial charge in [0.15, 0.2) is 5.78 Å². The van der Waals surface area contributed by atoms with Gasteiger partial charge >= 0.3 is 0 Å². The Labute approximate surface area is 127 Å². The minimum atomic E-state index is 0.0255. The number of hydrogen-bond acceptors (Lipinski definition) is 2. The molecule has 0 atom stereocenters. The summed E-state index contributed by atoms with van der Waals surface area (Å²) in [6.07, 6.45) is 3.62. The molecule has 0 aromatic heterocycles. The highest BCUT2D eigenvalue weighted by atomic mass is 79.9. The van der Waals surface area contributed by atoms with Crippen molar-refractivity contribution in [2.45, 2.75) is 25.2 Å². The molecule has 1 fully saturated rings. The zero-order valence-corrected chi connectivity index (χ0v) is 12.7. The monoisotopic (exact) mass is 329 g/mol. The van der Waals surface area contributed by atoms with Crippen molar-refractivity contribution in [2.24, 2.45) is 0 Å². The van der Waals surface area contributed by atoms with Crippen LogP contribution in [0.1, 0.15) is 46.7 Å². The van der Waals surface area contributed by atoms with E-state index in [4.69, 9.17) is 5.73 Å². The molecule has 0 saturated heterocycles. The highest BCUT2D eigenvalue weighted by molar-refractivity contribution is 9.10. The number of nitrogens with two attached hydrogens (primary N) is 1. The van der Waals surface area contributed by atoms with Crippen LogP contribution >= 0.6 is 15.9 Å². The average Bonchev–Trinajstić information content (AvgIpc) is 2.37. The van der Waals surface area contributed by atoms with Crippen molar-refractivity contribution in [3.63, 3.8) is 0 Å². The van der Waals surface area contributed by atoms with E-state index in [0.29, 0.717) is 17.2 Å². The van der Waals surface area contributed by atoms with E-state index in [1.54, 1.807) is 12.1 Å². The van der Waals surface area contributed by atoms with Crippen LogP contribution in [-0.2, 0) is 0 Å². The number of rotatable bonds is 3. The summed E-state index contributed by atoms with van der Waals surface area (Å²) in [6.45, 7) is 0. The van der Waals surface area contributed by atoms with Gasteiger partial charge in [-0.2, -0.15) is 0 Å². The Morgan fingerprint density at radius 1 is 1.10 bits per heavy atom. The second kappa shape index (κ2) is 5.41. The van der Waals surface area contributed by atoms with Crippen LogP contribution in [-0.4, -0.2) is 5.78 Å². The van der Waals surface area contributed by atoms with Crippen molar-refractivity contribution in [2.75, 3.05) is 5.73 Å². The summed E-state index contributed by atoms with van der Waals surface area (Å²) in [5, 5.41) is 0. The minimum Gasteiger partial charge on any atom is -0.398 e. The van der Waals surface area contributed by atoms with Gasteiger partial charge in [0, 0.05) is 21.3 Å². The van der Waals surface area contributed by atoms with E-state index in [1.807, 2.05) is 24.3 Å². The molecule has 2 nitrogen and oxygen atoms in total. The molecule has 0 heterocycles. The average molecular weight is 330 g/mol. The molecule has 102 valence electrons. The van der Waals surface area contributed by atoms with Gasteiger partial charge in [0.2, 0.25) is 0 Å². The third-order valence-corrected chi connectivity index (χ3v) is 4.50. The number of benzene rings is 2. The molecule has 0 radical (unpaired) electrons. The Kier molecular flexibility index (Phi) is 3.62. The smallest absolute Gasteiger partial charge is 0.195 e. The van der Waals surface area contributed by atoms with E-state index in [-0.39, 0.29) is 5.78 Å². The predicted octanol–water partition coefficient (Wildman–Crippen LogP) is 4.53. The summed E-state index contributed by atoms with van der Waals surface area (Å²) in [5.41, 5.74) is 9.06. The zero-order chi connectivity index (χ0) is 14.1. The van der Waals surface area contributed by atoms with Crippen LogP contribution < -0.4 is 5.73 Å². The number of carbonyl (C=O) groups excluding carboxylic acids is 1. The van der Waals surface area contributed by atoms with Crippen LogP contribution in [0, 0.1) is 0 Å². The quantitative estimate of drug-likeness (QED) is 0.664. The summed E-state index contributed by atoms with van der Waals surface area (Å²) in [7, 11) is 0.